The van der Waals surface area contributed by atoms with Gasteiger partial charge in [0.1, 0.15) is 0 Å². The minimum atomic E-state index is -3.09. The van der Waals surface area contributed by atoms with Crippen LogP contribution in [0.1, 0.15) is 19.5 Å². The van der Waals surface area contributed by atoms with E-state index in [-0.39, 0.29) is 11.8 Å². The number of hydrogen-bond acceptors (Lipinski definition) is 4. The number of hydrogen-bond donors (Lipinski definition) is 1. The number of aromatic nitrogens is 2. The monoisotopic (exact) mass is 256 g/mol. The summed E-state index contributed by atoms with van der Waals surface area (Å²) in [7, 11) is -3.09. The molecule has 0 spiro atoms. The molecule has 1 saturated heterocycles. The maximum absolute atomic E-state index is 11.7. The third kappa shape index (κ3) is 1.56. The van der Waals surface area contributed by atoms with E-state index in [1.54, 1.807) is 6.20 Å². The minimum Gasteiger partial charge on any atom is -0.307 e. The first-order chi connectivity index (χ1) is 7.99. The summed E-state index contributed by atoms with van der Waals surface area (Å²) in [6.45, 7) is 5.48. The molecule has 2 aliphatic rings. The molecule has 1 N–H and O–H groups in total. The highest BCUT2D eigenvalue weighted by molar-refractivity contribution is 7.94. The molecule has 1 aromatic rings. The smallest absolute Gasteiger partial charge is 0.237 e. The van der Waals surface area contributed by atoms with E-state index in [1.807, 2.05) is 11.6 Å². The minimum absolute atomic E-state index is 0.0493. The van der Waals surface area contributed by atoms with Crippen LogP contribution in [0.3, 0.4) is 0 Å². The van der Waals surface area contributed by atoms with Crippen LogP contribution >= 0.6 is 0 Å². The summed E-state index contributed by atoms with van der Waals surface area (Å²) in [5.74, 6) is 0.238. The molecule has 17 heavy (non-hydrogen) atoms. The van der Waals surface area contributed by atoms with E-state index in [9.17, 15) is 8.42 Å². The lowest BCUT2D eigenvalue weighted by Gasteiger charge is -2.39. The predicted molar refractivity (Wildman–Crippen MR) is 64.3 cm³/mol. The second kappa shape index (κ2) is 3.46. The Morgan fingerprint density at radius 2 is 2.24 bits per heavy atom. The Hall–Kier alpha value is -1.08. The van der Waals surface area contributed by atoms with Gasteiger partial charge in [0, 0.05) is 12.6 Å². The fraction of sp³-hybridized carbons (Fsp3) is 0.700. The van der Waals surface area contributed by atoms with E-state index >= 15 is 0 Å². The molecular weight excluding hydrogens is 240 g/mol. The van der Waals surface area contributed by atoms with Gasteiger partial charge >= 0.3 is 0 Å². The number of nitrogens with zero attached hydrogens (tertiary/aromatic N) is 3. The molecule has 0 radical (unpaired) electrons. The van der Waals surface area contributed by atoms with E-state index < -0.39 is 10.0 Å². The van der Waals surface area contributed by atoms with E-state index in [2.05, 4.69) is 17.3 Å². The van der Waals surface area contributed by atoms with E-state index in [0.717, 1.165) is 17.9 Å². The van der Waals surface area contributed by atoms with Gasteiger partial charge in [-0.1, -0.05) is 0 Å². The van der Waals surface area contributed by atoms with Crippen LogP contribution in [0.15, 0.2) is 6.20 Å². The molecule has 0 unspecified atom stereocenters. The van der Waals surface area contributed by atoms with Crippen LogP contribution in [0.25, 0.3) is 0 Å². The summed E-state index contributed by atoms with van der Waals surface area (Å²) in [5, 5.41) is 7.61. The molecule has 2 aliphatic heterocycles. The van der Waals surface area contributed by atoms with Gasteiger partial charge in [-0.2, -0.15) is 5.10 Å². The highest BCUT2D eigenvalue weighted by Crippen LogP contribution is 2.33. The first-order valence-corrected chi connectivity index (χ1v) is 7.40. The molecule has 1 aromatic heterocycles. The lowest BCUT2D eigenvalue weighted by atomic mass is 10.2. The third-order valence-electron chi connectivity index (χ3n) is 3.38. The van der Waals surface area contributed by atoms with Crippen LogP contribution in [0.5, 0.6) is 0 Å². The molecule has 7 heteroatoms. The van der Waals surface area contributed by atoms with Crippen LogP contribution in [0.4, 0.5) is 5.69 Å². The van der Waals surface area contributed by atoms with E-state index in [0.29, 0.717) is 12.6 Å². The maximum atomic E-state index is 11.7. The zero-order valence-corrected chi connectivity index (χ0v) is 10.7. The predicted octanol–water partition coefficient (Wildman–Crippen LogP) is -0.0869. The Kier molecular flexibility index (Phi) is 2.24. The summed E-state index contributed by atoms with van der Waals surface area (Å²) in [4.78, 5) is 0. The summed E-state index contributed by atoms with van der Waals surface area (Å²) >= 11 is 0. The lowest BCUT2D eigenvalue weighted by Crippen LogP contribution is -2.55. The summed E-state index contributed by atoms with van der Waals surface area (Å²) in [5.41, 5.74) is 1.71. The highest BCUT2D eigenvalue weighted by atomic mass is 32.2. The third-order valence-corrected chi connectivity index (χ3v) is 5.44. The second-order valence-electron chi connectivity index (χ2n) is 4.86. The average molecular weight is 256 g/mol. The van der Waals surface area contributed by atoms with Gasteiger partial charge in [0.15, 0.2) is 0 Å². The quantitative estimate of drug-likeness (QED) is 0.763. The van der Waals surface area contributed by atoms with Gasteiger partial charge in [0.2, 0.25) is 10.0 Å². The van der Waals surface area contributed by atoms with Gasteiger partial charge in [0.25, 0.3) is 0 Å². The van der Waals surface area contributed by atoms with Crippen LogP contribution in [-0.4, -0.2) is 36.0 Å². The highest BCUT2D eigenvalue weighted by Gasteiger charge is 2.42. The molecule has 6 nitrogen and oxygen atoms in total. The van der Waals surface area contributed by atoms with Crippen molar-refractivity contribution < 1.29 is 8.42 Å². The Bertz CT molecular complexity index is 551. The second-order valence-corrected chi connectivity index (χ2v) is 6.75. The van der Waals surface area contributed by atoms with Crippen LogP contribution in [-0.2, 0) is 23.1 Å². The first kappa shape index (κ1) is 11.0. The van der Waals surface area contributed by atoms with E-state index in [1.165, 1.54) is 4.31 Å². The molecule has 94 valence electrons. The van der Waals surface area contributed by atoms with Gasteiger partial charge in [-0.15, -0.1) is 0 Å². The molecule has 3 heterocycles. The Morgan fingerprint density at radius 3 is 2.88 bits per heavy atom. The SMILES string of the molecule is C[C@H]1Cn2ncc(N3[C@@H](C)CS3(=O)=O)c2CN1. The summed E-state index contributed by atoms with van der Waals surface area (Å²) in [6.07, 6.45) is 1.67. The Balaban J connectivity index is 2.00. The fourth-order valence-corrected chi connectivity index (χ4v) is 4.28. The molecule has 0 saturated carbocycles. The maximum Gasteiger partial charge on any atom is 0.237 e. The van der Waals surface area contributed by atoms with Crippen molar-refractivity contribution in [3.05, 3.63) is 11.9 Å². The molecular formula is C10H16N4O2S. The fourth-order valence-electron chi connectivity index (χ4n) is 2.55. The summed E-state index contributed by atoms with van der Waals surface area (Å²) < 4.78 is 26.9. The van der Waals surface area contributed by atoms with Crippen molar-refractivity contribution in [3.63, 3.8) is 0 Å². The van der Waals surface area contributed by atoms with Crippen LogP contribution in [0, 0.1) is 0 Å². The van der Waals surface area contributed by atoms with Gasteiger partial charge in [-0.3, -0.25) is 8.99 Å². The van der Waals surface area contributed by atoms with Crippen molar-refractivity contribution in [2.45, 2.75) is 39.0 Å². The number of fused-ring (bicyclic) bond motifs is 1. The van der Waals surface area contributed by atoms with Crippen molar-refractivity contribution in [1.29, 1.82) is 0 Å². The van der Waals surface area contributed by atoms with Gasteiger partial charge in [0.05, 0.1) is 35.9 Å². The van der Waals surface area contributed by atoms with Gasteiger partial charge in [-0.25, -0.2) is 8.42 Å². The molecule has 0 aromatic carbocycles. The van der Waals surface area contributed by atoms with Crippen molar-refractivity contribution in [1.82, 2.24) is 15.1 Å². The standard InChI is InChI=1S/C10H16N4O2S/c1-7-5-13-9(3-11-7)10(4-12-13)14-8(2)6-17(14,15)16/h4,7-8,11H,3,5-6H2,1-2H3/t7-,8-/m0/s1. The van der Waals surface area contributed by atoms with Crippen molar-refractivity contribution in [2.75, 3.05) is 10.1 Å². The molecule has 2 atom stereocenters. The van der Waals surface area contributed by atoms with Crippen LogP contribution < -0.4 is 9.62 Å². The molecule has 0 aliphatic carbocycles. The van der Waals surface area contributed by atoms with Crippen molar-refractivity contribution >= 4 is 15.7 Å². The van der Waals surface area contributed by atoms with Gasteiger partial charge < -0.3 is 5.32 Å². The first-order valence-electron chi connectivity index (χ1n) is 5.79. The van der Waals surface area contributed by atoms with Crippen molar-refractivity contribution in [3.8, 4) is 0 Å². The molecule has 3 rings (SSSR count). The normalized spacial score (nSPS) is 30.8. The molecule has 0 amide bonds. The Labute approximate surface area is 101 Å². The van der Waals surface area contributed by atoms with Gasteiger partial charge in [-0.05, 0) is 13.8 Å². The zero-order valence-electron chi connectivity index (χ0n) is 9.92. The average Bonchev–Trinajstić information content (AvgIpc) is 2.59. The number of rotatable bonds is 1. The zero-order chi connectivity index (χ0) is 12.2. The number of nitrogens with one attached hydrogen (secondary N) is 1. The van der Waals surface area contributed by atoms with E-state index in [4.69, 9.17) is 0 Å². The number of sulfonamides is 1. The summed E-state index contributed by atoms with van der Waals surface area (Å²) in [6, 6.07) is 0.425. The Morgan fingerprint density at radius 1 is 1.47 bits per heavy atom. The van der Waals surface area contributed by atoms with Crippen molar-refractivity contribution in [2.24, 2.45) is 0 Å². The molecule has 0 bridgehead atoms. The topological polar surface area (TPSA) is 67.2 Å². The van der Waals surface area contributed by atoms with Crippen LogP contribution in [0.2, 0.25) is 0 Å². The lowest BCUT2D eigenvalue weighted by molar-refractivity contribution is 0.389. The number of anilines is 1. The largest absolute Gasteiger partial charge is 0.307 e. The molecule has 1 fully saturated rings.